The predicted octanol–water partition coefficient (Wildman–Crippen LogP) is 2.22. The largest absolute Gasteiger partial charge is 0.342 e. The van der Waals surface area contributed by atoms with Gasteiger partial charge >= 0.3 is 0 Å². The topological polar surface area (TPSA) is 110 Å². The molecule has 0 aliphatic carbocycles. The summed E-state index contributed by atoms with van der Waals surface area (Å²) < 4.78 is 0. The quantitative estimate of drug-likeness (QED) is 0.467. The first-order chi connectivity index (χ1) is 17.1. The van der Waals surface area contributed by atoms with Crippen LogP contribution in [0.5, 0.6) is 0 Å². The second kappa shape index (κ2) is 12.2. The van der Waals surface area contributed by atoms with Gasteiger partial charge in [0.15, 0.2) is 0 Å². The highest BCUT2D eigenvalue weighted by Gasteiger charge is 2.40. The lowest BCUT2D eigenvalue weighted by atomic mass is 9.85. The minimum atomic E-state index is -0.664. The molecular formula is C27H40N6O3. The summed E-state index contributed by atoms with van der Waals surface area (Å²) in [6, 6.07) is 8.86. The molecule has 9 heteroatoms. The van der Waals surface area contributed by atoms with E-state index in [1.54, 1.807) is 14.0 Å². The van der Waals surface area contributed by atoms with E-state index in [4.69, 9.17) is 0 Å². The van der Waals surface area contributed by atoms with Crippen molar-refractivity contribution in [2.75, 3.05) is 26.7 Å². The van der Waals surface area contributed by atoms with E-state index in [-0.39, 0.29) is 23.8 Å². The highest BCUT2D eigenvalue weighted by atomic mass is 16.2. The number of hydrogen-bond acceptors (Lipinski definition) is 5. The van der Waals surface area contributed by atoms with Crippen LogP contribution in [0.4, 0.5) is 0 Å². The third-order valence-electron chi connectivity index (χ3n) is 6.85. The number of imidazole rings is 1. The molecule has 3 amide bonds. The third-order valence-corrected chi connectivity index (χ3v) is 6.85. The van der Waals surface area contributed by atoms with Crippen LogP contribution in [0.3, 0.4) is 0 Å². The van der Waals surface area contributed by atoms with Gasteiger partial charge in [-0.3, -0.25) is 14.4 Å². The molecule has 9 nitrogen and oxygen atoms in total. The second-order valence-electron chi connectivity index (χ2n) is 10.6. The molecule has 36 heavy (non-hydrogen) atoms. The van der Waals surface area contributed by atoms with Crippen molar-refractivity contribution in [1.82, 2.24) is 30.4 Å². The monoisotopic (exact) mass is 496 g/mol. The molecule has 0 unspecified atom stereocenters. The summed E-state index contributed by atoms with van der Waals surface area (Å²) in [5.74, 6) is -0.440. The number of carbonyl (C=O) groups is 3. The smallest absolute Gasteiger partial charge is 0.271 e. The van der Waals surface area contributed by atoms with E-state index >= 15 is 0 Å². The van der Waals surface area contributed by atoms with E-state index in [0.717, 1.165) is 18.4 Å². The molecule has 1 aromatic heterocycles. The van der Waals surface area contributed by atoms with E-state index in [9.17, 15) is 14.4 Å². The third kappa shape index (κ3) is 6.94. The summed E-state index contributed by atoms with van der Waals surface area (Å²) in [7, 11) is 1.72. The zero-order valence-corrected chi connectivity index (χ0v) is 22.1. The number of hydrogen-bond donors (Lipinski definition) is 3. The number of carbonyl (C=O) groups excluding carboxylic acids is 3. The van der Waals surface area contributed by atoms with Crippen LogP contribution in [0.2, 0.25) is 0 Å². The van der Waals surface area contributed by atoms with Gasteiger partial charge in [-0.15, -0.1) is 0 Å². The summed E-state index contributed by atoms with van der Waals surface area (Å²) in [5, 5.41) is 5.89. The maximum atomic E-state index is 13.8. The Balaban J connectivity index is 1.78. The molecule has 0 bridgehead atoms. The zero-order valence-electron chi connectivity index (χ0n) is 22.1. The van der Waals surface area contributed by atoms with Gasteiger partial charge in [-0.1, -0.05) is 51.1 Å². The summed E-state index contributed by atoms with van der Waals surface area (Å²) in [6.07, 6.45) is 5.41. The van der Waals surface area contributed by atoms with Crippen LogP contribution in [-0.2, 0) is 16.0 Å². The standard InChI is InChI=1S/C27H40N6O3/c1-19(28-5)24(34)31-23(27(2,3)4)26(36)33-14-9-12-21(33)17-32(25(35)22-16-29-18-30-22)15-13-20-10-7-6-8-11-20/h6-8,10-11,16,18-19,21,23,28H,9,12-15,17H2,1-5H3,(H,29,30)(H,31,34)/t19-,21-,23+/m0/s1. The average molecular weight is 497 g/mol. The molecule has 3 N–H and O–H groups in total. The number of aromatic nitrogens is 2. The Labute approximate surface area is 214 Å². The number of likely N-dealkylation sites (tertiary alicyclic amines) is 1. The van der Waals surface area contributed by atoms with Crippen molar-refractivity contribution in [1.29, 1.82) is 0 Å². The van der Waals surface area contributed by atoms with Crippen LogP contribution in [0.15, 0.2) is 42.9 Å². The molecule has 0 saturated carbocycles. The second-order valence-corrected chi connectivity index (χ2v) is 10.6. The Morgan fingerprint density at radius 3 is 2.56 bits per heavy atom. The Bertz CT molecular complexity index is 1000. The number of H-pyrrole nitrogens is 1. The van der Waals surface area contributed by atoms with Gasteiger partial charge in [0.1, 0.15) is 11.7 Å². The van der Waals surface area contributed by atoms with E-state index in [2.05, 4.69) is 20.6 Å². The van der Waals surface area contributed by atoms with Gasteiger partial charge < -0.3 is 25.4 Å². The fraction of sp³-hybridized carbons (Fsp3) is 0.556. The van der Waals surface area contributed by atoms with Gasteiger partial charge in [-0.25, -0.2) is 4.98 Å². The van der Waals surface area contributed by atoms with Crippen molar-refractivity contribution < 1.29 is 14.4 Å². The number of amides is 3. The first kappa shape index (κ1) is 27.4. The first-order valence-electron chi connectivity index (χ1n) is 12.7. The lowest BCUT2D eigenvalue weighted by Crippen LogP contribution is -2.59. The van der Waals surface area contributed by atoms with Gasteiger partial charge in [0, 0.05) is 25.7 Å². The highest BCUT2D eigenvalue weighted by molar-refractivity contribution is 5.92. The van der Waals surface area contributed by atoms with Crippen molar-refractivity contribution >= 4 is 17.7 Å². The molecule has 196 valence electrons. The Morgan fingerprint density at radius 2 is 1.94 bits per heavy atom. The van der Waals surface area contributed by atoms with Crippen LogP contribution in [0.25, 0.3) is 0 Å². The van der Waals surface area contributed by atoms with E-state index in [0.29, 0.717) is 31.7 Å². The molecule has 2 aromatic rings. The Kier molecular flexibility index (Phi) is 9.25. The summed E-state index contributed by atoms with van der Waals surface area (Å²) in [6.45, 7) is 9.20. The van der Waals surface area contributed by atoms with Crippen molar-refractivity contribution in [3.63, 3.8) is 0 Å². The first-order valence-corrected chi connectivity index (χ1v) is 12.7. The molecule has 0 radical (unpaired) electrons. The van der Waals surface area contributed by atoms with Gasteiger partial charge in [0.05, 0.1) is 18.6 Å². The van der Waals surface area contributed by atoms with Crippen molar-refractivity contribution in [3.05, 3.63) is 54.1 Å². The number of rotatable bonds is 10. The Morgan fingerprint density at radius 1 is 1.22 bits per heavy atom. The number of benzene rings is 1. The van der Waals surface area contributed by atoms with Gasteiger partial charge in [-0.2, -0.15) is 0 Å². The van der Waals surface area contributed by atoms with Crippen LogP contribution >= 0.6 is 0 Å². The Hall–Kier alpha value is -3.20. The average Bonchev–Trinajstić information content (AvgIpc) is 3.56. The van der Waals surface area contributed by atoms with Gasteiger partial charge in [0.2, 0.25) is 11.8 Å². The van der Waals surface area contributed by atoms with E-state index < -0.39 is 17.5 Å². The molecule has 0 spiro atoms. The minimum Gasteiger partial charge on any atom is -0.342 e. The number of likely N-dealkylation sites (N-methyl/N-ethyl adjacent to an activating group) is 1. The van der Waals surface area contributed by atoms with Crippen LogP contribution in [0.1, 0.15) is 56.6 Å². The maximum Gasteiger partial charge on any atom is 0.271 e. The number of nitrogens with one attached hydrogen (secondary N) is 3. The molecule has 3 rings (SSSR count). The van der Waals surface area contributed by atoms with Crippen LogP contribution in [0, 0.1) is 5.41 Å². The molecule has 1 saturated heterocycles. The van der Waals surface area contributed by atoms with Crippen LogP contribution < -0.4 is 10.6 Å². The van der Waals surface area contributed by atoms with E-state index in [1.807, 2.05) is 60.9 Å². The normalized spacial score (nSPS) is 17.5. The lowest BCUT2D eigenvalue weighted by molar-refractivity contribution is -0.140. The van der Waals surface area contributed by atoms with Crippen molar-refractivity contribution in [2.24, 2.45) is 5.41 Å². The van der Waals surface area contributed by atoms with E-state index in [1.165, 1.54) is 12.5 Å². The molecule has 1 aliphatic heterocycles. The van der Waals surface area contributed by atoms with Crippen molar-refractivity contribution in [2.45, 2.75) is 65.1 Å². The van der Waals surface area contributed by atoms with Crippen molar-refractivity contribution in [3.8, 4) is 0 Å². The SMILES string of the molecule is CN[C@@H](C)C(=O)N[C@H](C(=O)N1CCC[C@H]1CN(CCc1ccccc1)C(=O)c1cnc[nH]1)C(C)(C)C. The molecule has 1 fully saturated rings. The zero-order chi connectivity index (χ0) is 26.3. The summed E-state index contributed by atoms with van der Waals surface area (Å²) >= 11 is 0. The summed E-state index contributed by atoms with van der Waals surface area (Å²) in [5.41, 5.74) is 1.11. The molecule has 3 atom stereocenters. The van der Waals surface area contributed by atoms with Crippen LogP contribution in [-0.4, -0.2) is 82.3 Å². The fourth-order valence-corrected chi connectivity index (χ4v) is 4.51. The van der Waals surface area contributed by atoms with Gasteiger partial charge in [-0.05, 0) is 44.2 Å². The molecule has 1 aliphatic rings. The summed E-state index contributed by atoms with van der Waals surface area (Å²) in [4.78, 5) is 50.3. The highest BCUT2D eigenvalue weighted by Crippen LogP contribution is 2.26. The lowest BCUT2D eigenvalue weighted by Gasteiger charge is -2.37. The van der Waals surface area contributed by atoms with Gasteiger partial charge in [0.25, 0.3) is 5.91 Å². The molecule has 2 heterocycles. The number of nitrogens with zero attached hydrogens (tertiary/aromatic N) is 3. The fourth-order valence-electron chi connectivity index (χ4n) is 4.51. The molecular weight excluding hydrogens is 456 g/mol. The molecule has 1 aromatic carbocycles. The minimum absolute atomic E-state index is 0.0985. The maximum absolute atomic E-state index is 13.8. The predicted molar refractivity (Wildman–Crippen MR) is 139 cm³/mol. The number of aromatic amines is 1.